The molecule has 0 N–H and O–H groups in total. The molecule has 0 spiro atoms. The number of Topliss-reactive ketones (excluding diaryl/α,β-unsaturated/α-hetero) is 1. The molecule has 0 aliphatic heterocycles. The summed E-state index contributed by atoms with van der Waals surface area (Å²) < 4.78 is 36.7. The van der Waals surface area contributed by atoms with Crippen LogP contribution in [0.5, 0.6) is 0 Å². The Labute approximate surface area is 83.7 Å². The molecule has 1 aromatic carbocycles. The van der Waals surface area contributed by atoms with Crippen molar-refractivity contribution in [3.63, 3.8) is 0 Å². The summed E-state index contributed by atoms with van der Waals surface area (Å²) in [4.78, 5) is 21.2. The van der Waals surface area contributed by atoms with Gasteiger partial charge in [0.2, 0.25) is 0 Å². The van der Waals surface area contributed by atoms with Crippen LogP contribution in [0, 0.1) is 0 Å². The molecule has 0 amide bonds. The van der Waals surface area contributed by atoms with Gasteiger partial charge >= 0.3 is 6.18 Å². The van der Waals surface area contributed by atoms with E-state index in [-0.39, 0.29) is 5.56 Å². The zero-order valence-corrected chi connectivity index (χ0v) is 7.54. The van der Waals surface area contributed by atoms with Gasteiger partial charge in [0.1, 0.15) is 6.29 Å². The molecule has 0 heterocycles. The maximum absolute atomic E-state index is 12.2. The van der Waals surface area contributed by atoms with Crippen molar-refractivity contribution >= 4 is 12.1 Å². The number of ketones is 1. The second kappa shape index (κ2) is 4.25. The minimum absolute atomic E-state index is 0.100. The van der Waals surface area contributed by atoms with Gasteiger partial charge in [0, 0.05) is 5.56 Å². The van der Waals surface area contributed by atoms with Crippen molar-refractivity contribution in [2.24, 2.45) is 0 Å². The lowest BCUT2D eigenvalue weighted by atomic mass is 10.1. The van der Waals surface area contributed by atoms with E-state index in [2.05, 4.69) is 0 Å². The average molecular weight is 216 g/mol. The van der Waals surface area contributed by atoms with Gasteiger partial charge in [-0.2, -0.15) is 13.2 Å². The van der Waals surface area contributed by atoms with E-state index in [1.165, 1.54) is 6.07 Å². The lowest BCUT2D eigenvalue weighted by Gasteiger charge is -2.07. The minimum Gasteiger partial charge on any atom is -0.303 e. The van der Waals surface area contributed by atoms with Crippen LogP contribution in [0.25, 0.3) is 0 Å². The van der Waals surface area contributed by atoms with Crippen LogP contribution in [0.4, 0.5) is 13.2 Å². The largest absolute Gasteiger partial charge is 0.416 e. The van der Waals surface area contributed by atoms with E-state index in [4.69, 9.17) is 0 Å². The number of carbonyl (C=O) groups is 2. The van der Waals surface area contributed by atoms with Gasteiger partial charge in [-0.15, -0.1) is 0 Å². The molecule has 0 saturated heterocycles. The molecule has 0 saturated carbocycles. The van der Waals surface area contributed by atoms with Crippen LogP contribution in [0.3, 0.4) is 0 Å². The van der Waals surface area contributed by atoms with Crippen molar-refractivity contribution < 1.29 is 22.8 Å². The number of rotatable bonds is 3. The zero-order chi connectivity index (χ0) is 11.5. The first-order chi connectivity index (χ1) is 6.95. The summed E-state index contributed by atoms with van der Waals surface area (Å²) in [7, 11) is 0. The van der Waals surface area contributed by atoms with Crippen LogP contribution < -0.4 is 0 Å². The Morgan fingerprint density at radius 2 is 2.00 bits per heavy atom. The smallest absolute Gasteiger partial charge is 0.303 e. The number of hydrogen-bond donors (Lipinski definition) is 0. The predicted molar refractivity (Wildman–Crippen MR) is 46.5 cm³/mol. The van der Waals surface area contributed by atoms with Gasteiger partial charge in [0.25, 0.3) is 0 Å². The SMILES string of the molecule is O=CCC(=O)c1cccc(C(F)(F)F)c1. The fourth-order valence-electron chi connectivity index (χ4n) is 1.06. The minimum atomic E-state index is -4.47. The zero-order valence-electron chi connectivity index (χ0n) is 7.54. The maximum atomic E-state index is 12.2. The fourth-order valence-corrected chi connectivity index (χ4v) is 1.06. The first-order valence-electron chi connectivity index (χ1n) is 4.09. The maximum Gasteiger partial charge on any atom is 0.416 e. The molecule has 0 radical (unpaired) electrons. The summed E-state index contributed by atoms with van der Waals surface area (Å²) in [6.45, 7) is 0. The second-order valence-electron chi connectivity index (χ2n) is 2.87. The lowest BCUT2D eigenvalue weighted by Crippen LogP contribution is -2.07. The molecular weight excluding hydrogens is 209 g/mol. The highest BCUT2D eigenvalue weighted by atomic mass is 19.4. The molecule has 0 fully saturated rings. The Balaban J connectivity index is 3.03. The molecule has 15 heavy (non-hydrogen) atoms. The van der Waals surface area contributed by atoms with Crippen LogP contribution in [0.15, 0.2) is 24.3 Å². The Kier molecular flexibility index (Phi) is 3.24. The summed E-state index contributed by atoms with van der Waals surface area (Å²) in [5, 5.41) is 0. The van der Waals surface area contributed by atoms with Crippen molar-refractivity contribution in [2.45, 2.75) is 12.6 Å². The fraction of sp³-hybridized carbons (Fsp3) is 0.200. The predicted octanol–water partition coefficient (Wildman–Crippen LogP) is 2.48. The highest BCUT2D eigenvalue weighted by Gasteiger charge is 2.30. The molecule has 2 nitrogen and oxygen atoms in total. The van der Waals surface area contributed by atoms with Crippen LogP contribution in [0.2, 0.25) is 0 Å². The summed E-state index contributed by atoms with van der Waals surface area (Å²) >= 11 is 0. The third-order valence-electron chi connectivity index (χ3n) is 1.78. The van der Waals surface area contributed by atoms with E-state index in [0.29, 0.717) is 6.29 Å². The number of halogens is 3. The van der Waals surface area contributed by atoms with E-state index >= 15 is 0 Å². The first-order valence-corrected chi connectivity index (χ1v) is 4.09. The molecule has 0 aliphatic carbocycles. The van der Waals surface area contributed by atoms with Crippen molar-refractivity contribution in [1.82, 2.24) is 0 Å². The molecule has 1 aromatic rings. The Hall–Kier alpha value is -1.65. The molecule has 0 bridgehead atoms. The number of carbonyl (C=O) groups excluding carboxylic acids is 2. The average Bonchev–Trinajstić information content (AvgIpc) is 2.17. The highest BCUT2D eigenvalue weighted by Crippen LogP contribution is 2.29. The number of benzene rings is 1. The van der Waals surface area contributed by atoms with Crippen molar-refractivity contribution in [3.8, 4) is 0 Å². The Morgan fingerprint density at radius 3 is 2.53 bits per heavy atom. The van der Waals surface area contributed by atoms with Gasteiger partial charge in [0.05, 0.1) is 12.0 Å². The van der Waals surface area contributed by atoms with E-state index in [1.807, 2.05) is 0 Å². The van der Waals surface area contributed by atoms with Crippen LogP contribution in [-0.4, -0.2) is 12.1 Å². The molecule has 0 aromatic heterocycles. The normalized spacial score (nSPS) is 11.1. The van der Waals surface area contributed by atoms with Crippen molar-refractivity contribution in [3.05, 3.63) is 35.4 Å². The molecule has 80 valence electrons. The quantitative estimate of drug-likeness (QED) is 0.442. The third kappa shape index (κ3) is 2.90. The van der Waals surface area contributed by atoms with Gasteiger partial charge in [0.15, 0.2) is 5.78 Å². The Morgan fingerprint density at radius 1 is 1.33 bits per heavy atom. The van der Waals surface area contributed by atoms with Crippen LogP contribution >= 0.6 is 0 Å². The third-order valence-corrected chi connectivity index (χ3v) is 1.78. The van der Waals surface area contributed by atoms with Gasteiger partial charge in [-0.05, 0) is 12.1 Å². The molecule has 5 heteroatoms. The summed E-state index contributed by atoms with van der Waals surface area (Å²) in [6, 6.07) is 4.01. The van der Waals surface area contributed by atoms with E-state index in [9.17, 15) is 22.8 Å². The Bertz CT molecular complexity index is 382. The van der Waals surface area contributed by atoms with Crippen LogP contribution in [0.1, 0.15) is 22.3 Å². The van der Waals surface area contributed by atoms with Gasteiger partial charge in [-0.1, -0.05) is 12.1 Å². The van der Waals surface area contributed by atoms with Crippen LogP contribution in [-0.2, 0) is 11.0 Å². The molecule has 1 rings (SSSR count). The van der Waals surface area contributed by atoms with Crippen molar-refractivity contribution in [2.75, 3.05) is 0 Å². The second-order valence-corrected chi connectivity index (χ2v) is 2.87. The summed E-state index contributed by atoms with van der Waals surface area (Å²) in [5.74, 6) is -0.615. The van der Waals surface area contributed by atoms with Crippen molar-refractivity contribution in [1.29, 1.82) is 0 Å². The lowest BCUT2D eigenvalue weighted by molar-refractivity contribution is -0.137. The number of hydrogen-bond acceptors (Lipinski definition) is 2. The highest BCUT2D eigenvalue weighted by molar-refractivity contribution is 6.02. The first kappa shape index (κ1) is 11.4. The number of aldehydes is 1. The summed E-state index contributed by atoms with van der Waals surface area (Å²) in [6.07, 6.45) is -4.51. The van der Waals surface area contributed by atoms with Gasteiger partial charge in [-0.3, -0.25) is 4.79 Å². The topological polar surface area (TPSA) is 34.1 Å². The van der Waals surface area contributed by atoms with E-state index < -0.39 is 23.9 Å². The monoisotopic (exact) mass is 216 g/mol. The van der Waals surface area contributed by atoms with Gasteiger partial charge in [-0.25, -0.2) is 0 Å². The molecule has 0 aliphatic rings. The molecule has 0 atom stereocenters. The summed E-state index contributed by atoms with van der Waals surface area (Å²) in [5.41, 5.74) is -0.990. The van der Waals surface area contributed by atoms with E-state index in [0.717, 1.165) is 18.2 Å². The standard InChI is InChI=1S/C10H7F3O2/c11-10(12,13)8-3-1-2-7(6-8)9(15)4-5-14/h1-3,5-6H,4H2. The number of alkyl halides is 3. The van der Waals surface area contributed by atoms with Gasteiger partial charge < -0.3 is 4.79 Å². The van der Waals surface area contributed by atoms with E-state index in [1.54, 1.807) is 0 Å². The molecule has 0 unspecified atom stereocenters. The molecular formula is C10H7F3O2.